The second kappa shape index (κ2) is 20.8. The van der Waals surface area contributed by atoms with E-state index in [4.69, 9.17) is 0 Å². The quantitative estimate of drug-likeness (QED) is 0.0793. The number of anilines is 6. The van der Waals surface area contributed by atoms with E-state index in [-0.39, 0.29) is 5.92 Å². The molecule has 2 heteroatoms. The lowest BCUT2D eigenvalue weighted by Crippen LogP contribution is -2.10. The number of hydrogen-bond acceptors (Lipinski definition) is 2. The maximum absolute atomic E-state index is 2.34. The lowest BCUT2D eigenvalue weighted by molar-refractivity contribution is 0.976. The Kier molecular flexibility index (Phi) is 13.3. The number of nitrogens with zero attached hydrogens (tertiary/aromatic N) is 2. The van der Waals surface area contributed by atoms with Crippen LogP contribution < -0.4 is 9.80 Å². The van der Waals surface area contributed by atoms with E-state index < -0.39 is 0 Å². The first kappa shape index (κ1) is 44.1. The van der Waals surface area contributed by atoms with Crippen LogP contribution in [0.2, 0.25) is 0 Å². The topological polar surface area (TPSA) is 6.48 Å². The maximum Gasteiger partial charge on any atom is 0.0462 e. The highest BCUT2D eigenvalue weighted by molar-refractivity contribution is 5.82. The van der Waals surface area contributed by atoms with E-state index in [0.717, 1.165) is 50.8 Å². The van der Waals surface area contributed by atoms with Crippen molar-refractivity contribution in [3.05, 3.63) is 311 Å². The molecule has 0 aliphatic carbocycles. The third kappa shape index (κ3) is 10.6. The molecule has 0 aliphatic rings. The molecule has 0 amide bonds. The number of hydrogen-bond donors (Lipinski definition) is 0. The Morgan fingerprint density at radius 2 is 0.493 bits per heavy atom. The molecule has 1 unspecified atom stereocenters. The largest absolute Gasteiger partial charge is 0.311 e. The van der Waals surface area contributed by atoms with Crippen molar-refractivity contribution in [3.8, 4) is 11.1 Å². The molecular formula is C67H54N2. The molecule has 69 heavy (non-hydrogen) atoms. The Morgan fingerprint density at radius 1 is 0.246 bits per heavy atom. The molecule has 10 rings (SSSR count). The third-order valence-corrected chi connectivity index (χ3v) is 12.7. The molecule has 0 N–H and O–H groups in total. The van der Waals surface area contributed by atoms with Gasteiger partial charge in [-0.05, 0) is 137 Å². The van der Waals surface area contributed by atoms with E-state index in [1.807, 2.05) is 0 Å². The fourth-order valence-electron chi connectivity index (χ4n) is 8.97. The zero-order chi connectivity index (χ0) is 46.8. The van der Waals surface area contributed by atoms with Crippen LogP contribution in [0.15, 0.2) is 261 Å². The summed E-state index contributed by atoms with van der Waals surface area (Å²) in [5.74, 6) is 0.0867. The van der Waals surface area contributed by atoms with Gasteiger partial charge in [-0.25, -0.2) is 0 Å². The molecule has 0 bridgehead atoms. The van der Waals surface area contributed by atoms with Crippen molar-refractivity contribution in [2.45, 2.75) is 19.8 Å². The molecule has 10 aromatic rings. The Hall–Kier alpha value is -8.72. The van der Waals surface area contributed by atoms with Gasteiger partial charge in [-0.3, -0.25) is 0 Å². The summed E-state index contributed by atoms with van der Waals surface area (Å²) in [5.41, 5.74) is 20.0. The van der Waals surface area contributed by atoms with Crippen molar-refractivity contribution in [1.29, 1.82) is 0 Å². The van der Waals surface area contributed by atoms with Gasteiger partial charge in [-0.2, -0.15) is 0 Å². The molecule has 2 nitrogen and oxygen atoms in total. The zero-order valence-corrected chi connectivity index (χ0v) is 39.1. The fraction of sp³-hybridized carbons (Fsp3) is 0.0448. The Labute approximate surface area is 408 Å². The summed E-state index contributed by atoms with van der Waals surface area (Å²) < 4.78 is 0. The Bertz CT molecular complexity index is 3250. The van der Waals surface area contributed by atoms with Gasteiger partial charge in [0.2, 0.25) is 0 Å². The van der Waals surface area contributed by atoms with E-state index in [9.17, 15) is 0 Å². The van der Waals surface area contributed by atoms with Gasteiger partial charge in [0.15, 0.2) is 0 Å². The Balaban J connectivity index is 0.895. The van der Waals surface area contributed by atoms with Crippen LogP contribution in [0.3, 0.4) is 0 Å². The number of para-hydroxylation sites is 2. The first-order valence-electron chi connectivity index (χ1n) is 23.8. The van der Waals surface area contributed by atoms with Crippen LogP contribution in [-0.2, 0) is 0 Å². The second-order valence-electron chi connectivity index (χ2n) is 17.6. The Morgan fingerprint density at radius 3 is 0.855 bits per heavy atom. The van der Waals surface area contributed by atoms with Gasteiger partial charge >= 0.3 is 0 Å². The van der Waals surface area contributed by atoms with Crippen LogP contribution in [0.5, 0.6) is 0 Å². The van der Waals surface area contributed by atoms with Crippen molar-refractivity contribution in [3.63, 3.8) is 0 Å². The highest BCUT2D eigenvalue weighted by Gasteiger charge is 2.19. The number of aryl methyl sites for hydroxylation is 2. The normalized spacial score (nSPS) is 11.7. The lowest BCUT2D eigenvalue weighted by atomic mass is 9.84. The summed E-state index contributed by atoms with van der Waals surface area (Å²) >= 11 is 0. The number of rotatable bonds is 14. The minimum absolute atomic E-state index is 0.0867. The van der Waals surface area contributed by atoms with Gasteiger partial charge in [0, 0.05) is 40.0 Å². The SMILES string of the molecule is Cc1ccc(C=Cc2ccc(C(c3ccccc3)c3ccc(N(c4ccccc4)c4ccc(-c5ccc(N(c6ccccc6)c6ccc(C=Cc7ccc(C)cc7)cc6)cc5)cc4)cc3)cc2)cc1. The molecule has 0 saturated carbocycles. The standard InChI is InChI=1S/C67H54N2/c1-50-18-22-52(23-19-50)26-28-54-30-34-59(35-31-54)67(58-12-6-3-7-13-58)60-40-48-66(49-41-60)69(62-16-10-5-11-17-62)65-46-38-57(39-47-65)56-36-44-64(45-37-56)68(61-14-8-4-9-15-61)63-42-32-55(33-43-63)29-27-53-24-20-51(2)21-25-53/h3-49,67H,1-2H3. The van der Waals surface area contributed by atoms with Crippen LogP contribution in [0.25, 0.3) is 35.4 Å². The molecule has 0 spiro atoms. The smallest absolute Gasteiger partial charge is 0.0462 e. The summed E-state index contributed by atoms with van der Waals surface area (Å²) in [6, 6.07) is 94.0. The van der Waals surface area contributed by atoms with Crippen molar-refractivity contribution in [2.75, 3.05) is 9.80 Å². The summed E-state index contributed by atoms with van der Waals surface area (Å²) in [6.45, 7) is 4.24. The molecule has 0 aliphatic heterocycles. The van der Waals surface area contributed by atoms with Gasteiger partial charge in [-0.1, -0.05) is 223 Å². The van der Waals surface area contributed by atoms with Crippen molar-refractivity contribution in [2.24, 2.45) is 0 Å². The maximum atomic E-state index is 2.34. The van der Waals surface area contributed by atoms with Gasteiger partial charge in [0.05, 0.1) is 0 Å². The van der Waals surface area contributed by atoms with Crippen LogP contribution in [0.1, 0.15) is 56.0 Å². The second-order valence-corrected chi connectivity index (χ2v) is 17.6. The van der Waals surface area contributed by atoms with Gasteiger partial charge < -0.3 is 9.80 Å². The van der Waals surface area contributed by atoms with Crippen LogP contribution in [-0.4, -0.2) is 0 Å². The average molecular weight is 887 g/mol. The van der Waals surface area contributed by atoms with E-state index in [1.54, 1.807) is 0 Å². The minimum atomic E-state index is 0.0867. The summed E-state index contributed by atoms with van der Waals surface area (Å²) in [6.07, 6.45) is 8.71. The molecule has 0 fully saturated rings. The predicted octanol–water partition coefficient (Wildman–Crippen LogP) is 18.4. The van der Waals surface area contributed by atoms with Gasteiger partial charge in [0.25, 0.3) is 0 Å². The fourth-order valence-corrected chi connectivity index (χ4v) is 8.97. The average Bonchev–Trinajstić information content (AvgIpc) is 3.41. The van der Waals surface area contributed by atoms with Crippen LogP contribution in [0, 0.1) is 13.8 Å². The highest BCUT2D eigenvalue weighted by Crippen LogP contribution is 2.40. The van der Waals surface area contributed by atoms with Crippen LogP contribution in [0.4, 0.5) is 34.1 Å². The van der Waals surface area contributed by atoms with Crippen molar-refractivity contribution >= 4 is 58.4 Å². The summed E-state index contributed by atoms with van der Waals surface area (Å²) in [5, 5.41) is 0. The minimum Gasteiger partial charge on any atom is -0.311 e. The highest BCUT2D eigenvalue weighted by atomic mass is 15.1. The first-order chi connectivity index (χ1) is 34.0. The third-order valence-electron chi connectivity index (χ3n) is 12.7. The molecule has 0 saturated heterocycles. The van der Waals surface area contributed by atoms with E-state index in [0.29, 0.717) is 0 Å². The van der Waals surface area contributed by atoms with E-state index in [2.05, 4.69) is 309 Å². The molecule has 0 aromatic heterocycles. The van der Waals surface area contributed by atoms with Crippen molar-refractivity contribution < 1.29 is 0 Å². The lowest BCUT2D eigenvalue weighted by Gasteiger charge is -2.27. The summed E-state index contributed by atoms with van der Waals surface area (Å²) in [7, 11) is 0. The number of benzene rings is 10. The summed E-state index contributed by atoms with van der Waals surface area (Å²) in [4.78, 5) is 4.65. The van der Waals surface area contributed by atoms with E-state index in [1.165, 1.54) is 44.5 Å². The first-order valence-corrected chi connectivity index (χ1v) is 23.8. The molecule has 0 radical (unpaired) electrons. The van der Waals surface area contributed by atoms with Crippen LogP contribution >= 0.6 is 0 Å². The molecule has 332 valence electrons. The molecule has 1 atom stereocenters. The molecule has 10 aromatic carbocycles. The zero-order valence-electron chi connectivity index (χ0n) is 39.1. The van der Waals surface area contributed by atoms with E-state index >= 15 is 0 Å². The van der Waals surface area contributed by atoms with Gasteiger partial charge in [-0.15, -0.1) is 0 Å². The molecule has 0 heterocycles. The monoisotopic (exact) mass is 886 g/mol. The predicted molar refractivity (Wildman–Crippen MR) is 295 cm³/mol. The van der Waals surface area contributed by atoms with Crippen molar-refractivity contribution in [1.82, 2.24) is 0 Å². The molecular weight excluding hydrogens is 833 g/mol. The van der Waals surface area contributed by atoms with Gasteiger partial charge in [0.1, 0.15) is 0 Å².